The molecule has 0 bridgehead atoms. The first kappa shape index (κ1) is 12.4. The summed E-state index contributed by atoms with van der Waals surface area (Å²) in [5, 5.41) is 4.48. The molecule has 3 rings (SSSR count). The maximum atomic E-state index is 6.20. The van der Waals surface area contributed by atoms with Crippen LogP contribution < -0.4 is 0 Å². The van der Waals surface area contributed by atoms with Gasteiger partial charge in [-0.25, -0.2) is 9.97 Å². The van der Waals surface area contributed by atoms with Crippen LogP contribution in [0, 0.1) is 0 Å². The summed E-state index contributed by atoms with van der Waals surface area (Å²) < 4.78 is 3.62. The third kappa shape index (κ3) is 2.09. The molecule has 0 fully saturated rings. The number of halogens is 2. The van der Waals surface area contributed by atoms with Crippen molar-refractivity contribution in [1.82, 2.24) is 24.3 Å². The highest BCUT2D eigenvalue weighted by molar-refractivity contribution is 6.31. The van der Waals surface area contributed by atoms with E-state index in [1.165, 1.54) is 0 Å². The zero-order chi connectivity index (χ0) is 13.6. The van der Waals surface area contributed by atoms with Crippen molar-refractivity contribution in [3.8, 4) is 5.69 Å². The van der Waals surface area contributed by atoms with Gasteiger partial charge in [0.05, 0.1) is 22.3 Å². The van der Waals surface area contributed by atoms with Gasteiger partial charge in [-0.1, -0.05) is 11.6 Å². The van der Waals surface area contributed by atoms with Gasteiger partial charge in [-0.3, -0.25) is 9.25 Å². The number of nitrogens with zero attached hydrogens (tertiary/aromatic N) is 5. The van der Waals surface area contributed by atoms with Crippen LogP contribution in [0.2, 0.25) is 5.02 Å². The number of imidazole rings is 1. The Labute approximate surface area is 119 Å². The highest BCUT2D eigenvalue weighted by Gasteiger charge is 2.18. The van der Waals surface area contributed by atoms with E-state index in [0.29, 0.717) is 5.02 Å². The maximum Gasteiger partial charge on any atom is 0.164 e. The third-order valence-corrected chi connectivity index (χ3v) is 3.20. The van der Waals surface area contributed by atoms with Crippen LogP contribution >= 0.6 is 23.2 Å². The van der Waals surface area contributed by atoms with Crippen molar-refractivity contribution in [2.75, 3.05) is 0 Å². The lowest BCUT2D eigenvalue weighted by Gasteiger charge is -2.06. The summed E-state index contributed by atoms with van der Waals surface area (Å²) in [6, 6.07) is 1.78. The average Bonchev–Trinajstić information content (AvgIpc) is 2.91. The predicted octanol–water partition coefficient (Wildman–Crippen LogP) is 3.11. The van der Waals surface area contributed by atoms with Crippen molar-refractivity contribution in [2.45, 2.75) is 12.3 Å². The van der Waals surface area contributed by atoms with Crippen LogP contribution in [0.4, 0.5) is 0 Å². The summed E-state index contributed by atoms with van der Waals surface area (Å²) in [6.07, 6.45) is 5.24. The van der Waals surface area contributed by atoms with Crippen LogP contribution in [-0.2, 0) is 7.05 Å². The van der Waals surface area contributed by atoms with Gasteiger partial charge in [-0.05, 0) is 13.0 Å². The quantitative estimate of drug-likeness (QED) is 0.683. The van der Waals surface area contributed by atoms with Gasteiger partial charge < -0.3 is 0 Å². The lowest BCUT2D eigenvalue weighted by molar-refractivity contribution is 0.766. The highest BCUT2D eigenvalue weighted by atomic mass is 35.5. The average molecular weight is 296 g/mol. The topological polar surface area (TPSA) is 48.5 Å². The van der Waals surface area contributed by atoms with E-state index in [9.17, 15) is 0 Å². The SMILES string of the molecule is CC(Cl)c1nc2cc(Cl)cnc2n1-c1cnn(C)c1. The number of rotatable bonds is 2. The Balaban J connectivity index is 2.34. The van der Waals surface area contributed by atoms with Gasteiger partial charge in [0.1, 0.15) is 11.3 Å². The molecule has 7 heteroatoms. The molecule has 0 aliphatic rings. The Hall–Kier alpha value is -1.59. The molecule has 3 aromatic rings. The smallest absolute Gasteiger partial charge is 0.164 e. The van der Waals surface area contributed by atoms with Crippen molar-refractivity contribution in [3.63, 3.8) is 0 Å². The molecule has 0 aliphatic carbocycles. The van der Waals surface area contributed by atoms with Crippen molar-refractivity contribution >= 4 is 34.4 Å². The lowest BCUT2D eigenvalue weighted by atomic mass is 10.4. The number of fused-ring (bicyclic) bond motifs is 1. The summed E-state index contributed by atoms with van der Waals surface area (Å²) in [5.74, 6) is 0.722. The zero-order valence-electron chi connectivity index (χ0n) is 10.4. The minimum atomic E-state index is -0.242. The van der Waals surface area contributed by atoms with Crippen molar-refractivity contribution in [1.29, 1.82) is 0 Å². The molecule has 3 aromatic heterocycles. The number of hydrogen-bond acceptors (Lipinski definition) is 3. The second kappa shape index (κ2) is 4.51. The molecular formula is C12H11Cl2N5. The number of aryl methyl sites for hydroxylation is 1. The molecule has 98 valence electrons. The minimum absolute atomic E-state index is 0.242. The molecule has 19 heavy (non-hydrogen) atoms. The molecule has 0 saturated heterocycles. The van der Waals surface area contributed by atoms with E-state index in [4.69, 9.17) is 23.2 Å². The normalized spacial score (nSPS) is 13.1. The summed E-state index contributed by atoms with van der Waals surface area (Å²) in [6.45, 7) is 1.87. The van der Waals surface area contributed by atoms with Gasteiger partial charge in [-0.2, -0.15) is 5.10 Å². The first-order valence-electron chi connectivity index (χ1n) is 5.73. The minimum Gasteiger partial charge on any atom is -0.276 e. The van der Waals surface area contributed by atoms with Gasteiger partial charge in [0.25, 0.3) is 0 Å². The van der Waals surface area contributed by atoms with Crippen LogP contribution in [0.1, 0.15) is 18.1 Å². The number of hydrogen-bond donors (Lipinski definition) is 0. The Bertz CT molecular complexity index is 744. The summed E-state index contributed by atoms with van der Waals surface area (Å²) in [4.78, 5) is 8.85. The van der Waals surface area contributed by atoms with Crippen molar-refractivity contribution < 1.29 is 0 Å². The van der Waals surface area contributed by atoms with E-state index >= 15 is 0 Å². The molecule has 0 aromatic carbocycles. The number of alkyl halides is 1. The van der Waals surface area contributed by atoms with Crippen LogP contribution in [0.5, 0.6) is 0 Å². The number of aromatic nitrogens is 5. The third-order valence-electron chi connectivity index (χ3n) is 2.80. The lowest BCUT2D eigenvalue weighted by Crippen LogP contribution is -2.01. The van der Waals surface area contributed by atoms with E-state index in [-0.39, 0.29) is 5.38 Å². The molecule has 5 nitrogen and oxygen atoms in total. The van der Waals surface area contributed by atoms with E-state index in [1.807, 2.05) is 24.7 Å². The first-order valence-corrected chi connectivity index (χ1v) is 6.54. The molecule has 0 aliphatic heterocycles. The highest BCUT2D eigenvalue weighted by Crippen LogP contribution is 2.27. The van der Waals surface area contributed by atoms with Gasteiger partial charge in [0.15, 0.2) is 5.65 Å². The van der Waals surface area contributed by atoms with Gasteiger partial charge in [-0.15, -0.1) is 11.6 Å². The van der Waals surface area contributed by atoms with Crippen LogP contribution in [-0.4, -0.2) is 24.3 Å². The first-order chi connectivity index (χ1) is 9.06. The predicted molar refractivity (Wildman–Crippen MR) is 74.9 cm³/mol. The van der Waals surface area contributed by atoms with Crippen LogP contribution in [0.3, 0.4) is 0 Å². The fourth-order valence-corrected chi connectivity index (χ4v) is 2.30. The van der Waals surface area contributed by atoms with Crippen molar-refractivity contribution in [2.24, 2.45) is 7.05 Å². The molecule has 0 saturated carbocycles. The zero-order valence-corrected chi connectivity index (χ0v) is 11.9. The Morgan fingerprint density at radius 2 is 2.11 bits per heavy atom. The van der Waals surface area contributed by atoms with Gasteiger partial charge in [0.2, 0.25) is 0 Å². The monoisotopic (exact) mass is 295 g/mol. The molecule has 0 N–H and O–H groups in total. The summed E-state index contributed by atoms with van der Waals surface area (Å²) in [7, 11) is 1.86. The number of pyridine rings is 1. The van der Waals surface area contributed by atoms with Gasteiger partial charge >= 0.3 is 0 Å². The van der Waals surface area contributed by atoms with E-state index < -0.39 is 0 Å². The van der Waals surface area contributed by atoms with E-state index in [1.54, 1.807) is 23.1 Å². The molecule has 0 amide bonds. The standard InChI is InChI=1S/C12H11Cl2N5/c1-7(13)11-17-10-3-8(14)4-15-12(10)19(11)9-5-16-18(2)6-9/h3-7H,1-2H3. The molecular weight excluding hydrogens is 285 g/mol. The fraction of sp³-hybridized carbons (Fsp3) is 0.250. The Morgan fingerprint density at radius 1 is 1.32 bits per heavy atom. The summed E-state index contributed by atoms with van der Waals surface area (Å²) in [5.41, 5.74) is 2.32. The van der Waals surface area contributed by atoms with Crippen LogP contribution in [0.25, 0.3) is 16.9 Å². The van der Waals surface area contributed by atoms with E-state index in [0.717, 1.165) is 22.7 Å². The fourth-order valence-electron chi connectivity index (χ4n) is 2.00. The molecule has 1 atom stereocenters. The molecule has 3 heterocycles. The Morgan fingerprint density at radius 3 is 2.74 bits per heavy atom. The second-order valence-corrected chi connectivity index (χ2v) is 5.38. The van der Waals surface area contributed by atoms with Crippen LogP contribution in [0.15, 0.2) is 24.7 Å². The molecule has 0 spiro atoms. The summed E-state index contributed by atoms with van der Waals surface area (Å²) >= 11 is 12.2. The molecule has 1 unspecified atom stereocenters. The largest absolute Gasteiger partial charge is 0.276 e. The maximum absolute atomic E-state index is 6.20. The Kier molecular flexibility index (Phi) is 2.95. The second-order valence-electron chi connectivity index (χ2n) is 4.29. The van der Waals surface area contributed by atoms with Crippen molar-refractivity contribution in [3.05, 3.63) is 35.5 Å². The van der Waals surface area contributed by atoms with Gasteiger partial charge in [0, 0.05) is 19.4 Å². The molecule has 0 radical (unpaired) electrons. The van der Waals surface area contributed by atoms with E-state index in [2.05, 4.69) is 15.1 Å².